The number of rotatable bonds is 5. The minimum Gasteiger partial charge on any atom is -0.323 e. The van der Waals surface area contributed by atoms with Crippen molar-refractivity contribution in [3.8, 4) is 0 Å². The lowest BCUT2D eigenvalue weighted by Crippen LogP contribution is -2.52. The zero-order valence-electron chi connectivity index (χ0n) is 17.8. The Morgan fingerprint density at radius 1 is 0.931 bits per heavy atom. The Bertz CT molecular complexity index is 732. The van der Waals surface area contributed by atoms with Crippen molar-refractivity contribution in [2.24, 2.45) is 0 Å². The second kappa shape index (κ2) is 8.44. The molecule has 4 rings (SSSR count). The average molecular weight is 399 g/mol. The van der Waals surface area contributed by atoms with Crippen LogP contribution in [0.5, 0.6) is 0 Å². The van der Waals surface area contributed by atoms with Gasteiger partial charge >= 0.3 is 6.03 Å². The minimum absolute atomic E-state index is 0.00475. The lowest BCUT2D eigenvalue weighted by molar-refractivity contribution is -0.134. The van der Waals surface area contributed by atoms with Crippen molar-refractivity contribution in [1.29, 1.82) is 0 Å². The van der Waals surface area contributed by atoms with Gasteiger partial charge < -0.3 is 5.32 Å². The first-order valence-corrected chi connectivity index (χ1v) is 11.1. The molecule has 2 heterocycles. The number of nitrogens with one attached hydrogen (secondary N) is 1. The molecule has 2 saturated heterocycles. The normalized spacial score (nSPS) is 23.2. The summed E-state index contributed by atoms with van der Waals surface area (Å²) in [6, 6.07) is 8.73. The second-order valence-electron chi connectivity index (χ2n) is 9.24. The van der Waals surface area contributed by atoms with Crippen molar-refractivity contribution in [2.45, 2.75) is 64.0 Å². The molecule has 0 atom stereocenters. The molecule has 1 spiro atoms. The van der Waals surface area contributed by atoms with Crippen LogP contribution in [-0.2, 0) is 11.3 Å². The lowest BCUT2D eigenvalue weighted by Gasteiger charge is -2.36. The Morgan fingerprint density at radius 2 is 1.55 bits per heavy atom. The summed E-state index contributed by atoms with van der Waals surface area (Å²) in [6.45, 7) is 9.50. The molecule has 3 fully saturated rings. The van der Waals surface area contributed by atoms with E-state index in [1.807, 2.05) is 0 Å². The second-order valence-corrected chi connectivity index (χ2v) is 9.24. The molecule has 6 heteroatoms. The van der Waals surface area contributed by atoms with Gasteiger partial charge in [0.25, 0.3) is 5.91 Å². The fourth-order valence-electron chi connectivity index (χ4n) is 4.85. The van der Waals surface area contributed by atoms with Crippen LogP contribution in [-0.4, -0.2) is 65.0 Å². The van der Waals surface area contributed by atoms with Crippen molar-refractivity contribution < 1.29 is 9.59 Å². The third kappa shape index (κ3) is 4.33. The highest BCUT2D eigenvalue weighted by Gasteiger charge is 2.51. The van der Waals surface area contributed by atoms with E-state index in [0.717, 1.165) is 64.8 Å². The number of carbonyl (C=O) groups is 2. The molecule has 29 heavy (non-hydrogen) atoms. The maximum Gasteiger partial charge on any atom is 0.326 e. The fourth-order valence-corrected chi connectivity index (χ4v) is 4.85. The number of hydrogen-bond donors (Lipinski definition) is 1. The number of benzene rings is 1. The van der Waals surface area contributed by atoms with E-state index in [0.29, 0.717) is 12.6 Å². The number of amides is 3. The van der Waals surface area contributed by atoms with Crippen molar-refractivity contribution in [1.82, 2.24) is 20.0 Å². The van der Waals surface area contributed by atoms with Gasteiger partial charge in [-0.3, -0.25) is 14.6 Å². The molecule has 1 aliphatic carbocycles. The average Bonchev–Trinajstić information content (AvgIpc) is 2.94. The number of piperazine rings is 1. The molecule has 1 saturated carbocycles. The van der Waals surface area contributed by atoms with Gasteiger partial charge in [0.2, 0.25) is 0 Å². The monoisotopic (exact) mass is 398 g/mol. The quantitative estimate of drug-likeness (QED) is 0.774. The first-order chi connectivity index (χ1) is 14.0. The Balaban J connectivity index is 1.27. The van der Waals surface area contributed by atoms with E-state index >= 15 is 0 Å². The number of imide groups is 1. The molecule has 1 aromatic carbocycles. The molecule has 2 aliphatic heterocycles. The Morgan fingerprint density at radius 3 is 2.17 bits per heavy atom. The zero-order chi connectivity index (χ0) is 20.4. The van der Waals surface area contributed by atoms with Gasteiger partial charge in [0.05, 0.1) is 6.67 Å². The highest BCUT2D eigenvalue weighted by atomic mass is 16.2. The smallest absolute Gasteiger partial charge is 0.323 e. The van der Waals surface area contributed by atoms with Crippen molar-refractivity contribution in [2.75, 3.05) is 32.8 Å². The van der Waals surface area contributed by atoms with E-state index in [1.54, 1.807) is 0 Å². The predicted molar refractivity (Wildman–Crippen MR) is 113 cm³/mol. The van der Waals surface area contributed by atoms with E-state index in [4.69, 9.17) is 0 Å². The summed E-state index contributed by atoms with van der Waals surface area (Å²) in [4.78, 5) is 31.6. The lowest BCUT2D eigenvalue weighted by atomic mass is 9.82. The molecule has 3 amide bonds. The molecule has 0 bridgehead atoms. The van der Waals surface area contributed by atoms with Crippen molar-refractivity contribution in [3.63, 3.8) is 0 Å². The van der Waals surface area contributed by atoms with Gasteiger partial charge in [0, 0.05) is 32.7 Å². The number of hydrogen-bond acceptors (Lipinski definition) is 4. The first kappa shape index (κ1) is 20.4. The number of carbonyl (C=O) groups excluding carboxylic acids is 2. The van der Waals surface area contributed by atoms with Gasteiger partial charge in [-0.2, -0.15) is 0 Å². The van der Waals surface area contributed by atoms with Crippen LogP contribution in [0.15, 0.2) is 24.3 Å². The third-order valence-electron chi connectivity index (χ3n) is 6.81. The van der Waals surface area contributed by atoms with Gasteiger partial charge in [0.15, 0.2) is 0 Å². The van der Waals surface area contributed by atoms with Crippen LogP contribution < -0.4 is 5.32 Å². The van der Waals surface area contributed by atoms with E-state index < -0.39 is 5.54 Å². The highest BCUT2D eigenvalue weighted by molar-refractivity contribution is 6.07. The van der Waals surface area contributed by atoms with Gasteiger partial charge in [-0.15, -0.1) is 0 Å². The summed E-state index contributed by atoms with van der Waals surface area (Å²) in [7, 11) is 0. The van der Waals surface area contributed by atoms with E-state index in [2.05, 4.69) is 53.2 Å². The molecule has 0 unspecified atom stereocenters. The summed E-state index contributed by atoms with van der Waals surface area (Å²) in [6.07, 6.45) is 4.79. The summed E-state index contributed by atoms with van der Waals surface area (Å²) in [5.74, 6) is 0.556. The topological polar surface area (TPSA) is 55.9 Å². The van der Waals surface area contributed by atoms with Gasteiger partial charge in [0.1, 0.15) is 5.54 Å². The number of urea groups is 1. The third-order valence-corrected chi connectivity index (χ3v) is 6.81. The van der Waals surface area contributed by atoms with Crippen LogP contribution in [0.3, 0.4) is 0 Å². The Labute approximate surface area is 174 Å². The standard InChI is InChI=1S/C23H34N4O2/c1-18(2)20-8-6-19(7-9-20)16-25-12-14-26(15-13-25)17-27-21(28)23(24-22(27)29)10-4-3-5-11-23/h6-9,18H,3-5,10-17H2,1-2H3,(H,24,29). The molecule has 1 N–H and O–H groups in total. The van der Waals surface area contributed by atoms with Crippen LogP contribution >= 0.6 is 0 Å². The first-order valence-electron chi connectivity index (χ1n) is 11.1. The van der Waals surface area contributed by atoms with Crippen LogP contribution in [0, 0.1) is 0 Å². The van der Waals surface area contributed by atoms with E-state index in [-0.39, 0.29) is 11.9 Å². The van der Waals surface area contributed by atoms with E-state index in [1.165, 1.54) is 16.0 Å². The van der Waals surface area contributed by atoms with Crippen molar-refractivity contribution in [3.05, 3.63) is 35.4 Å². The summed E-state index contributed by atoms with van der Waals surface area (Å²) >= 11 is 0. The van der Waals surface area contributed by atoms with Gasteiger partial charge in [-0.05, 0) is 29.9 Å². The van der Waals surface area contributed by atoms with Gasteiger partial charge in [-0.25, -0.2) is 9.69 Å². The van der Waals surface area contributed by atoms with Crippen LogP contribution in [0.25, 0.3) is 0 Å². The fraction of sp³-hybridized carbons (Fsp3) is 0.652. The Hall–Kier alpha value is -1.92. The molecule has 0 aromatic heterocycles. The van der Waals surface area contributed by atoms with E-state index in [9.17, 15) is 9.59 Å². The van der Waals surface area contributed by atoms with Crippen LogP contribution in [0.4, 0.5) is 4.79 Å². The summed E-state index contributed by atoms with van der Waals surface area (Å²) in [5, 5.41) is 3.01. The molecule has 1 aromatic rings. The molecule has 0 radical (unpaired) electrons. The van der Waals surface area contributed by atoms with Crippen LogP contribution in [0.1, 0.15) is 63.0 Å². The maximum atomic E-state index is 13.0. The maximum absolute atomic E-state index is 13.0. The van der Waals surface area contributed by atoms with Crippen molar-refractivity contribution >= 4 is 11.9 Å². The summed E-state index contributed by atoms with van der Waals surface area (Å²) in [5.41, 5.74) is 2.11. The highest BCUT2D eigenvalue weighted by Crippen LogP contribution is 2.33. The van der Waals surface area contributed by atoms with Gasteiger partial charge in [-0.1, -0.05) is 57.4 Å². The molecular weight excluding hydrogens is 364 g/mol. The molecular formula is C23H34N4O2. The largest absolute Gasteiger partial charge is 0.326 e. The molecule has 6 nitrogen and oxygen atoms in total. The Kier molecular flexibility index (Phi) is 5.93. The number of nitrogens with zero attached hydrogens (tertiary/aromatic N) is 3. The zero-order valence-corrected chi connectivity index (χ0v) is 17.8. The minimum atomic E-state index is -0.612. The van der Waals surface area contributed by atoms with Crippen LogP contribution in [0.2, 0.25) is 0 Å². The SMILES string of the molecule is CC(C)c1ccc(CN2CCN(CN3C(=O)NC4(CCCCC4)C3=O)CC2)cc1. The predicted octanol–water partition coefficient (Wildman–Crippen LogP) is 3.14. The summed E-state index contributed by atoms with van der Waals surface area (Å²) < 4.78 is 0. The molecule has 158 valence electrons. The molecule has 3 aliphatic rings.